The van der Waals surface area contributed by atoms with Gasteiger partial charge in [0.15, 0.2) is 5.69 Å². The van der Waals surface area contributed by atoms with E-state index in [1.54, 1.807) is 26.4 Å². The summed E-state index contributed by atoms with van der Waals surface area (Å²) in [6.07, 6.45) is 2.00. The fourth-order valence-corrected chi connectivity index (χ4v) is 2.00. The summed E-state index contributed by atoms with van der Waals surface area (Å²) in [5, 5.41) is 2.77. The Hall–Kier alpha value is -2.54. The molecule has 0 aliphatic carbocycles. The van der Waals surface area contributed by atoms with Crippen LogP contribution in [0, 0.1) is 0 Å². The number of amides is 1. The standard InChI is InChI=1S/C16H21N3O4/c1-4-12(17)16-19-13(9-23-16)15(20)18-8-10-5-6-11(21-2)7-14(10)22-3/h5-7,9,12H,4,8,17H2,1-3H3,(H,18,20). The zero-order valence-corrected chi connectivity index (χ0v) is 13.5. The Labute approximate surface area is 134 Å². The normalized spacial score (nSPS) is 11.8. The largest absolute Gasteiger partial charge is 0.497 e. The van der Waals surface area contributed by atoms with Gasteiger partial charge in [-0.2, -0.15) is 0 Å². The quantitative estimate of drug-likeness (QED) is 0.810. The Morgan fingerprint density at radius 3 is 2.83 bits per heavy atom. The van der Waals surface area contributed by atoms with Gasteiger partial charge in [0.2, 0.25) is 5.89 Å². The number of methoxy groups -OCH3 is 2. The van der Waals surface area contributed by atoms with E-state index in [0.29, 0.717) is 30.4 Å². The van der Waals surface area contributed by atoms with Gasteiger partial charge in [0.05, 0.1) is 20.3 Å². The number of hydrogen-bond donors (Lipinski definition) is 2. The predicted molar refractivity (Wildman–Crippen MR) is 84.4 cm³/mol. The SMILES string of the molecule is CCC(N)c1nc(C(=O)NCc2ccc(OC)cc2OC)co1. The molecule has 3 N–H and O–H groups in total. The molecule has 1 aromatic carbocycles. The molecule has 1 amide bonds. The number of ether oxygens (including phenoxy) is 2. The molecule has 124 valence electrons. The van der Waals surface area contributed by atoms with Gasteiger partial charge >= 0.3 is 0 Å². The van der Waals surface area contributed by atoms with Crippen LogP contribution in [-0.2, 0) is 6.54 Å². The summed E-state index contributed by atoms with van der Waals surface area (Å²) in [6, 6.07) is 5.09. The highest BCUT2D eigenvalue weighted by molar-refractivity contribution is 5.91. The monoisotopic (exact) mass is 319 g/mol. The first-order chi connectivity index (χ1) is 11.1. The summed E-state index contributed by atoms with van der Waals surface area (Å²) in [4.78, 5) is 16.2. The van der Waals surface area contributed by atoms with E-state index in [0.717, 1.165) is 5.56 Å². The highest BCUT2D eigenvalue weighted by Crippen LogP contribution is 2.24. The molecule has 0 saturated carbocycles. The number of nitrogens with zero attached hydrogens (tertiary/aromatic N) is 1. The first-order valence-electron chi connectivity index (χ1n) is 7.29. The van der Waals surface area contributed by atoms with Crippen molar-refractivity contribution in [3.05, 3.63) is 41.6 Å². The van der Waals surface area contributed by atoms with Gasteiger partial charge in [-0.3, -0.25) is 4.79 Å². The number of benzene rings is 1. The minimum absolute atomic E-state index is 0.205. The lowest BCUT2D eigenvalue weighted by Gasteiger charge is -2.10. The summed E-state index contributed by atoms with van der Waals surface area (Å²) < 4.78 is 15.7. The minimum Gasteiger partial charge on any atom is -0.497 e. The molecule has 1 unspecified atom stereocenters. The first kappa shape index (κ1) is 16.8. The van der Waals surface area contributed by atoms with Crippen LogP contribution in [0.3, 0.4) is 0 Å². The van der Waals surface area contributed by atoms with E-state index < -0.39 is 0 Å². The van der Waals surface area contributed by atoms with Gasteiger partial charge in [0, 0.05) is 18.2 Å². The lowest BCUT2D eigenvalue weighted by molar-refractivity contribution is 0.0945. The Kier molecular flexibility index (Phi) is 5.59. The zero-order valence-electron chi connectivity index (χ0n) is 13.5. The van der Waals surface area contributed by atoms with E-state index in [9.17, 15) is 4.79 Å². The molecule has 0 aliphatic rings. The highest BCUT2D eigenvalue weighted by atomic mass is 16.5. The molecule has 1 aromatic heterocycles. The lowest BCUT2D eigenvalue weighted by Crippen LogP contribution is -2.23. The van der Waals surface area contributed by atoms with Gasteiger partial charge in [-0.1, -0.05) is 6.92 Å². The van der Waals surface area contributed by atoms with Crippen LogP contribution in [0.5, 0.6) is 11.5 Å². The van der Waals surface area contributed by atoms with Crippen molar-refractivity contribution in [2.24, 2.45) is 5.73 Å². The summed E-state index contributed by atoms with van der Waals surface area (Å²) in [5.41, 5.74) is 6.86. The molecule has 0 saturated heterocycles. The minimum atomic E-state index is -0.332. The zero-order chi connectivity index (χ0) is 16.8. The van der Waals surface area contributed by atoms with Crippen molar-refractivity contribution in [3.63, 3.8) is 0 Å². The number of oxazole rings is 1. The fraction of sp³-hybridized carbons (Fsp3) is 0.375. The highest BCUT2D eigenvalue weighted by Gasteiger charge is 2.16. The molecule has 0 spiro atoms. The van der Waals surface area contributed by atoms with Crippen molar-refractivity contribution in [2.75, 3.05) is 14.2 Å². The summed E-state index contributed by atoms with van der Waals surface area (Å²) >= 11 is 0. The van der Waals surface area contributed by atoms with Gasteiger partial charge < -0.3 is 24.9 Å². The second-order valence-corrected chi connectivity index (χ2v) is 4.95. The smallest absolute Gasteiger partial charge is 0.273 e. The Bertz CT molecular complexity index is 669. The third kappa shape index (κ3) is 4.01. The van der Waals surface area contributed by atoms with E-state index in [1.165, 1.54) is 6.26 Å². The Morgan fingerprint density at radius 2 is 2.17 bits per heavy atom. The molecule has 0 radical (unpaired) electrons. The average Bonchev–Trinajstić information content (AvgIpc) is 3.08. The van der Waals surface area contributed by atoms with Crippen LogP contribution in [0.2, 0.25) is 0 Å². The fourth-order valence-electron chi connectivity index (χ4n) is 2.00. The molecule has 0 aliphatic heterocycles. The van der Waals surface area contributed by atoms with Crippen LogP contribution in [-0.4, -0.2) is 25.1 Å². The number of nitrogens with two attached hydrogens (primary N) is 1. The molecular weight excluding hydrogens is 298 g/mol. The topological polar surface area (TPSA) is 99.6 Å². The van der Waals surface area contributed by atoms with Crippen LogP contribution in [0.25, 0.3) is 0 Å². The lowest BCUT2D eigenvalue weighted by atomic mass is 10.2. The molecule has 2 aromatic rings. The number of carbonyl (C=O) groups excluding carboxylic acids is 1. The maximum atomic E-state index is 12.1. The van der Waals surface area contributed by atoms with Crippen molar-refractivity contribution in [1.82, 2.24) is 10.3 Å². The Morgan fingerprint density at radius 1 is 1.39 bits per heavy atom. The number of hydrogen-bond acceptors (Lipinski definition) is 6. The third-order valence-electron chi connectivity index (χ3n) is 3.45. The second kappa shape index (κ2) is 7.64. The average molecular weight is 319 g/mol. The van der Waals surface area contributed by atoms with E-state index in [-0.39, 0.29) is 17.6 Å². The molecular formula is C16H21N3O4. The van der Waals surface area contributed by atoms with Crippen molar-refractivity contribution >= 4 is 5.91 Å². The number of carbonyl (C=O) groups is 1. The molecule has 7 heteroatoms. The molecule has 23 heavy (non-hydrogen) atoms. The van der Waals surface area contributed by atoms with E-state index in [1.807, 2.05) is 13.0 Å². The van der Waals surface area contributed by atoms with Crippen molar-refractivity contribution < 1.29 is 18.7 Å². The molecule has 0 fully saturated rings. The van der Waals surface area contributed by atoms with Crippen molar-refractivity contribution in [3.8, 4) is 11.5 Å². The van der Waals surface area contributed by atoms with Crippen LogP contribution >= 0.6 is 0 Å². The van der Waals surface area contributed by atoms with Crippen LogP contribution < -0.4 is 20.5 Å². The van der Waals surface area contributed by atoms with Crippen LogP contribution in [0.15, 0.2) is 28.9 Å². The van der Waals surface area contributed by atoms with Gasteiger partial charge in [-0.05, 0) is 18.6 Å². The van der Waals surface area contributed by atoms with E-state index >= 15 is 0 Å². The Balaban J connectivity index is 2.03. The van der Waals surface area contributed by atoms with E-state index in [2.05, 4.69) is 10.3 Å². The van der Waals surface area contributed by atoms with Crippen LogP contribution in [0.1, 0.15) is 41.3 Å². The van der Waals surface area contributed by atoms with Crippen molar-refractivity contribution in [2.45, 2.75) is 25.9 Å². The molecule has 1 atom stereocenters. The molecule has 2 rings (SSSR count). The van der Waals surface area contributed by atoms with E-state index in [4.69, 9.17) is 19.6 Å². The van der Waals surface area contributed by atoms with Crippen molar-refractivity contribution in [1.29, 1.82) is 0 Å². The molecule has 0 bridgehead atoms. The predicted octanol–water partition coefficient (Wildman–Crippen LogP) is 2.03. The van der Waals surface area contributed by atoms with Gasteiger partial charge in [0.25, 0.3) is 5.91 Å². The van der Waals surface area contributed by atoms with Crippen LogP contribution in [0.4, 0.5) is 0 Å². The summed E-state index contributed by atoms with van der Waals surface area (Å²) in [7, 11) is 3.15. The molecule has 7 nitrogen and oxygen atoms in total. The number of rotatable bonds is 7. The number of aromatic nitrogens is 1. The third-order valence-corrected chi connectivity index (χ3v) is 3.45. The van der Waals surface area contributed by atoms with Gasteiger partial charge in [-0.25, -0.2) is 4.98 Å². The second-order valence-electron chi connectivity index (χ2n) is 4.95. The number of nitrogens with one attached hydrogen (secondary N) is 1. The first-order valence-corrected chi connectivity index (χ1v) is 7.29. The summed E-state index contributed by atoms with van der Waals surface area (Å²) in [6.45, 7) is 2.22. The summed E-state index contributed by atoms with van der Waals surface area (Å²) in [5.74, 6) is 1.35. The molecule has 1 heterocycles. The maximum Gasteiger partial charge on any atom is 0.273 e. The van der Waals surface area contributed by atoms with Gasteiger partial charge in [-0.15, -0.1) is 0 Å². The maximum absolute atomic E-state index is 12.1. The van der Waals surface area contributed by atoms with Gasteiger partial charge in [0.1, 0.15) is 17.8 Å².